The number of fused-ring (bicyclic) bond motifs is 10. The van der Waals surface area contributed by atoms with Crippen LogP contribution in [0.25, 0.3) is 92.0 Å². The molecule has 0 N–H and O–H groups in total. The third-order valence-corrected chi connectivity index (χ3v) is 9.73. The lowest BCUT2D eigenvalue weighted by molar-refractivity contribution is 0.653. The number of furan rings is 1. The number of thiophene rings is 1. The highest BCUT2D eigenvalue weighted by Crippen LogP contribution is 2.41. The van der Waals surface area contributed by atoms with Crippen LogP contribution in [0, 0.1) is 0 Å². The van der Waals surface area contributed by atoms with Gasteiger partial charge in [0, 0.05) is 41.9 Å². The molecule has 4 aromatic heterocycles. The zero-order chi connectivity index (χ0) is 28.1. The van der Waals surface area contributed by atoms with E-state index in [1.807, 2.05) is 29.5 Å². The quantitative estimate of drug-likeness (QED) is 0.209. The SMILES string of the molecule is c1ccc2cc3c(cc2c1)c1ccccc1n3-c1nc2c(nc1-c1ccc3c(c1)sc1ccccc13)oc1ccccc12. The minimum atomic E-state index is 0.544. The molecule has 0 saturated heterocycles. The fourth-order valence-corrected chi connectivity index (χ4v) is 7.76. The van der Waals surface area contributed by atoms with Crippen LogP contribution in [-0.2, 0) is 0 Å². The predicted molar refractivity (Wildman–Crippen MR) is 179 cm³/mol. The summed E-state index contributed by atoms with van der Waals surface area (Å²) < 4.78 is 11.1. The normalized spacial score (nSPS) is 12.2. The Morgan fingerprint density at radius 2 is 1.26 bits per heavy atom. The first-order valence-corrected chi connectivity index (χ1v) is 15.2. The minimum Gasteiger partial charge on any atom is -0.436 e. The fourth-order valence-electron chi connectivity index (χ4n) is 6.62. The summed E-state index contributed by atoms with van der Waals surface area (Å²) in [5.74, 6) is 0.793. The maximum absolute atomic E-state index is 6.27. The van der Waals surface area contributed by atoms with Gasteiger partial charge in [0.1, 0.15) is 16.8 Å². The summed E-state index contributed by atoms with van der Waals surface area (Å²) in [6.45, 7) is 0. The van der Waals surface area contributed by atoms with Gasteiger partial charge in [-0.25, -0.2) is 9.97 Å². The van der Waals surface area contributed by atoms with Crippen molar-refractivity contribution in [1.82, 2.24) is 14.5 Å². The van der Waals surface area contributed by atoms with Crippen molar-refractivity contribution in [3.63, 3.8) is 0 Å². The Morgan fingerprint density at radius 3 is 2.16 bits per heavy atom. The average Bonchev–Trinajstić information content (AvgIpc) is 3.71. The van der Waals surface area contributed by atoms with Gasteiger partial charge in [-0.3, -0.25) is 4.57 Å². The highest BCUT2D eigenvalue weighted by Gasteiger charge is 2.22. The van der Waals surface area contributed by atoms with E-state index in [9.17, 15) is 0 Å². The molecule has 0 unspecified atom stereocenters. The molecule has 6 aromatic carbocycles. The Balaban J connectivity index is 1.36. The van der Waals surface area contributed by atoms with E-state index in [2.05, 4.69) is 114 Å². The van der Waals surface area contributed by atoms with Crippen molar-refractivity contribution in [2.75, 3.05) is 0 Å². The number of para-hydroxylation sites is 2. The molecule has 0 amide bonds. The molecule has 0 aliphatic rings. The van der Waals surface area contributed by atoms with E-state index in [0.717, 1.165) is 44.6 Å². The first-order valence-electron chi connectivity index (χ1n) is 14.3. The minimum absolute atomic E-state index is 0.544. The van der Waals surface area contributed by atoms with Gasteiger partial charge in [-0.05, 0) is 53.2 Å². The fraction of sp³-hybridized carbons (Fsp3) is 0. The van der Waals surface area contributed by atoms with E-state index >= 15 is 0 Å². The summed E-state index contributed by atoms with van der Waals surface area (Å²) in [7, 11) is 0. The van der Waals surface area contributed by atoms with Crippen LogP contribution in [0.5, 0.6) is 0 Å². The predicted octanol–water partition coefficient (Wildman–Crippen LogP) is 10.7. The van der Waals surface area contributed by atoms with Gasteiger partial charge in [0.25, 0.3) is 0 Å². The van der Waals surface area contributed by atoms with Gasteiger partial charge < -0.3 is 4.42 Å². The number of nitrogens with zero attached hydrogens (tertiary/aromatic N) is 3. The highest BCUT2D eigenvalue weighted by atomic mass is 32.1. The summed E-state index contributed by atoms with van der Waals surface area (Å²) >= 11 is 1.81. The molecule has 200 valence electrons. The van der Waals surface area contributed by atoms with E-state index in [-0.39, 0.29) is 0 Å². The molecule has 0 radical (unpaired) electrons. The van der Waals surface area contributed by atoms with Crippen LogP contribution in [-0.4, -0.2) is 14.5 Å². The topological polar surface area (TPSA) is 43.9 Å². The van der Waals surface area contributed by atoms with Crippen molar-refractivity contribution in [1.29, 1.82) is 0 Å². The first kappa shape index (κ1) is 23.1. The third kappa shape index (κ3) is 3.25. The van der Waals surface area contributed by atoms with E-state index in [1.165, 1.54) is 41.7 Å². The molecule has 4 heterocycles. The summed E-state index contributed by atoms with van der Waals surface area (Å²) in [5, 5.41) is 8.29. The second kappa shape index (κ2) is 8.51. The van der Waals surface area contributed by atoms with Gasteiger partial charge in [-0.15, -0.1) is 11.3 Å². The van der Waals surface area contributed by atoms with E-state index in [0.29, 0.717) is 5.71 Å². The second-order valence-corrected chi connectivity index (χ2v) is 12.1. The molecule has 0 aliphatic heterocycles. The molecule has 0 saturated carbocycles. The van der Waals surface area contributed by atoms with Crippen molar-refractivity contribution in [2.24, 2.45) is 0 Å². The zero-order valence-electron chi connectivity index (χ0n) is 22.8. The van der Waals surface area contributed by atoms with Gasteiger partial charge in [-0.2, -0.15) is 0 Å². The molecule has 4 nitrogen and oxygen atoms in total. The largest absolute Gasteiger partial charge is 0.436 e. The van der Waals surface area contributed by atoms with Gasteiger partial charge in [0.05, 0.1) is 11.0 Å². The lowest BCUT2D eigenvalue weighted by Gasteiger charge is -2.13. The lowest BCUT2D eigenvalue weighted by Crippen LogP contribution is -2.03. The smallest absolute Gasteiger partial charge is 0.247 e. The molecule has 0 bridgehead atoms. The van der Waals surface area contributed by atoms with Crippen LogP contribution in [0.4, 0.5) is 0 Å². The van der Waals surface area contributed by atoms with Crippen LogP contribution in [0.3, 0.4) is 0 Å². The van der Waals surface area contributed by atoms with Crippen molar-refractivity contribution in [2.45, 2.75) is 0 Å². The number of aromatic nitrogens is 3. The molecule has 0 fully saturated rings. The Morgan fingerprint density at radius 1 is 0.535 bits per heavy atom. The van der Waals surface area contributed by atoms with Gasteiger partial charge in [0.15, 0.2) is 5.82 Å². The van der Waals surface area contributed by atoms with E-state index in [1.54, 1.807) is 0 Å². The second-order valence-electron chi connectivity index (χ2n) is 11.0. The van der Waals surface area contributed by atoms with Crippen LogP contribution >= 0.6 is 11.3 Å². The Hall–Kier alpha value is -5.52. The Kier molecular flexibility index (Phi) is 4.57. The van der Waals surface area contributed by atoms with E-state index in [4.69, 9.17) is 14.4 Å². The maximum atomic E-state index is 6.27. The van der Waals surface area contributed by atoms with Gasteiger partial charge >= 0.3 is 0 Å². The number of hydrogen-bond acceptors (Lipinski definition) is 4. The first-order chi connectivity index (χ1) is 21.3. The van der Waals surface area contributed by atoms with Crippen molar-refractivity contribution < 1.29 is 4.42 Å². The lowest BCUT2D eigenvalue weighted by atomic mass is 10.1. The molecule has 10 rings (SSSR count). The highest BCUT2D eigenvalue weighted by molar-refractivity contribution is 7.25. The summed E-state index contributed by atoms with van der Waals surface area (Å²) in [4.78, 5) is 10.6. The van der Waals surface area contributed by atoms with Crippen LogP contribution in [0.2, 0.25) is 0 Å². The number of benzene rings is 6. The van der Waals surface area contributed by atoms with Crippen molar-refractivity contribution >= 4 is 86.3 Å². The summed E-state index contributed by atoms with van der Waals surface area (Å²) in [6, 6.07) is 45.0. The standard InChI is InChI=1S/C38H21N3OS/c1-2-10-23-20-31-29(19-22(23)9-1)25-11-3-6-14-30(25)41(31)37-35(40-38-36(39-37)28-13-4-7-15-32(28)42-38)24-17-18-27-26-12-5-8-16-33(26)43-34(27)21-24/h1-21H. The van der Waals surface area contributed by atoms with Crippen molar-refractivity contribution in [3.8, 4) is 17.1 Å². The van der Waals surface area contributed by atoms with Crippen LogP contribution in [0.15, 0.2) is 132 Å². The third-order valence-electron chi connectivity index (χ3n) is 8.60. The Bertz CT molecular complexity index is 2750. The summed E-state index contributed by atoms with van der Waals surface area (Å²) in [5.41, 5.74) is 6.10. The molecule has 10 aromatic rings. The van der Waals surface area contributed by atoms with Gasteiger partial charge in [-0.1, -0.05) is 84.9 Å². The zero-order valence-corrected chi connectivity index (χ0v) is 23.6. The van der Waals surface area contributed by atoms with E-state index < -0.39 is 0 Å². The number of hydrogen-bond donors (Lipinski definition) is 0. The molecule has 43 heavy (non-hydrogen) atoms. The Labute approximate surface area is 249 Å². The average molecular weight is 568 g/mol. The monoisotopic (exact) mass is 567 g/mol. The molecular weight excluding hydrogens is 547 g/mol. The molecule has 0 atom stereocenters. The van der Waals surface area contributed by atoms with Crippen LogP contribution in [0.1, 0.15) is 0 Å². The number of rotatable bonds is 2. The maximum Gasteiger partial charge on any atom is 0.247 e. The van der Waals surface area contributed by atoms with Crippen LogP contribution < -0.4 is 0 Å². The molecule has 5 heteroatoms. The molecule has 0 aliphatic carbocycles. The van der Waals surface area contributed by atoms with Crippen molar-refractivity contribution in [3.05, 3.63) is 127 Å². The van der Waals surface area contributed by atoms with Gasteiger partial charge in [0.2, 0.25) is 5.71 Å². The molecule has 0 spiro atoms. The summed E-state index contributed by atoms with van der Waals surface area (Å²) in [6.07, 6.45) is 0. The molecular formula is C38H21N3OS.